The van der Waals surface area contributed by atoms with Crippen molar-refractivity contribution in [2.45, 2.75) is 53.1 Å². The summed E-state index contributed by atoms with van der Waals surface area (Å²) in [5, 5.41) is 5.35. The number of hydrogen-bond donors (Lipinski definition) is 0. The lowest BCUT2D eigenvalue weighted by Gasteiger charge is -2.21. The second-order valence-corrected chi connectivity index (χ2v) is 7.76. The van der Waals surface area contributed by atoms with Gasteiger partial charge in [0.25, 0.3) is 5.56 Å². The molecule has 0 aliphatic heterocycles. The van der Waals surface area contributed by atoms with Crippen LogP contribution in [0.25, 0.3) is 4.96 Å². The Kier molecular flexibility index (Phi) is 6.16. The van der Waals surface area contributed by atoms with E-state index in [9.17, 15) is 4.79 Å². The van der Waals surface area contributed by atoms with Gasteiger partial charge < -0.3 is 0 Å². The first-order valence-corrected chi connectivity index (χ1v) is 10.1. The maximum Gasteiger partial charge on any atom is 0.275 e. The second-order valence-electron chi connectivity index (χ2n) is 6.72. The number of hydrogen-bond acceptors (Lipinski definition) is 5. The zero-order chi connectivity index (χ0) is 18.5. The molecule has 0 bridgehead atoms. The van der Waals surface area contributed by atoms with E-state index in [1.54, 1.807) is 6.07 Å². The highest BCUT2D eigenvalue weighted by Crippen LogP contribution is 2.15. The monoisotopic (exact) mass is 370 g/mol. The Balaban J connectivity index is 1.81. The Morgan fingerprint density at radius 1 is 1.12 bits per heavy atom. The third-order valence-electron chi connectivity index (χ3n) is 4.26. The number of aryl methyl sites for hydroxylation is 2. The molecule has 0 aliphatic carbocycles. The van der Waals surface area contributed by atoms with E-state index < -0.39 is 0 Å². The predicted octanol–water partition coefficient (Wildman–Crippen LogP) is 3.82. The summed E-state index contributed by atoms with van der Waals surface area (Å²) < 4.78 is 1.43. The highest BCUT2D eigenvalue weighted by molar-refractivity contribution is 7.16. The lowest BCUT2D eigenvalue weighted by molar-refractivity contribution is 0.254. The molecule has 26 heavy (non-hydrogen) atoms. The van der Waals surface area contributed by atoms with Crippen LogP contribution in [0.2, 0.25) is 0 Å². The van der Waals surface area contributed by atoms with Crippen LogP contribution < -0.4 is 5.56 Å². The molecular formula is C20H26N4OS. The minimum absolute atomic E-state index is 0.0876. The molecule has 0 radical (unpaired) electrons. The van der Waals surface area contributed by atoms with Crippen LogP contribution in [0.4, 0.5) is 0 Å². The fourth-order valence-corrected chi connectivity index (χ4v) is 4.02. The third-order valence-corrected chi connectivity index (χ3v) is 5.22. The van der Waals surface area contributed by atoms with Crippen molar-refractivity contribution < 1.29 is 0 Å². The van der Waals surface area contributed by atoms with E-state index in [-0.39, 0.29) is 5.56 Å². The molecule has 0 amide bonds. The summed E-state index contributed by atoms with van der Waals surface area (Å²) in [6.45, 7) is 8.89. The predicted molar refractivity (Wildman–Crippen MR) is 107 cm³/mol. The second kappa shape index (κ2) is 8.56. The summed E-state index contributed by atoms with van der Waals surface area (Å²) in [7, 11) is 0. The maximum atomic E-state index is 12.4. The van der Waals surface area contributed by atoms with E-state index in [0.29, 0.717) is 11.5 Å². The SMILES string of the molecule is CCCc1nn2c(=O)cc(CN(CCC)Cc3ccc(C)cc3)nc2s1. The van der Waals surface area contributed by atoms with Gasteiger partial charge in [-0.2, -0.15) is 9.61 Å². The molecule has 6 heteroatoms. The minimum Gasteiger partial charge on any atom is -0.293 e. The molecule has 5 nitrogen and oxygen atoms in total. The molecule has 0 saturated carbocycles. The van der Waals surface area contributed by atoms with Crippen LogP contribution in [0.1, 0.15) is 48.5 Å². The normalized spacial score (nSPS) is 11.5. The Morgan fingerprint density at radius 2 is 1.88 bits per heavy atom. The lowest BCUT2D eigenvalue weighted by Crippen LogP contribution is -2.26. The molecule has 0 aliphatic rings. The quantitative estimate of drug-likeness (QED) is 0.605. The van der Waals surface area contributed by atoms with Gasteiger partial charge in [0.1, 0.15) is 5.01 Å². The Morgan fingerprint density at radius 3 is 2.58 bits per heavy atom. The fraction of sp³-hybridized carbons (Fsp3) is 0.450. The van der Waals surface area contributed by atoms with Gasteiger partial charge >= 0.3 is 0 Å². The third kappa shape index (κ3) is 4.56. The van der Waals surface area contributed by atoms with Gasteiger partial charge in [0.15, 0.2) is 0 Å². The van der Waals surface area contributed by atoms with Crippen LogP contribution in [0.5, 0.6) is 0 Å². The van der Waals surface area contributed by atoms with Crippen LogP contribution in [0.3, 0.4) is 0 Å². The van der Waals surface area contributed by atoms with E-state index in [1.807, 2.05) is 0 Å². The van der Waals surface area contributed by atoms with E-state index in [4.69, 9.17) is 4.98 Å². The molecule has 2 aromatic heterocycles. The first-order chi connectivity index (χ1) is 12.6. The standard InChI is InChI=1S/C20H26N4OS/c1-4-6-18-22-24-19(25)12-17(21-20(24)26-18)14-23(11-5-2)13-16-9-7-15(3)8-10-16/h7-10,12H,4-6,11,13-14H2,1-3H3. The topological polar surface area (TPSA) is 50.5 Å². The van der Waals surface area contributed by atoms with E-state index in [1.165, 1.54) is 27.0 Å². The molecule has 3 rings (SSSR count). The molecule has 0 unspecified atom stereocenters. The summed E-state index contributed by atoms with van der Waals surface area (Å²) in [6.07, 6.45) is 2.97. The zero-order valence-electron chi connectivity index (χ0n) is 15.7. The minimum atomic E-state index is -0.0876. The number of nitrogens with zero attached hydrogens (tertiary/aromatic N) is 4. The van der Waals surface area contributed by atoms with E-state index in [0.717, 1.165) is 43.1 Å². The van der Waals surface area contributed by atoms with E-state index >= 15 is 0 Å². The number of fused-ring (bicyclic) bond motifs is 1. The average molecular weight is 371 g/mol. The van der Waals surface area contributed by atoms with Gasteiger partial charge in [0.2, 0.25) is 4.96 Å². The van der Waals surface area contributed by atoms with Crippen LogP contribution >= 0.6 is 11.3 Å². The summed E-state index contributed by atoms with van der Waals surface area (Å²) in [4.78, 5) is 20.1. The lowest BCUT2D eigenvalue weighted by atomic mass is 10.1. The summed E-state index contributed by atoms with van der Waals surface area (Å²) in [5.74, 6) is 0. The fourth-order valence-electron chi connectivity index (χ4n) is 3.00. The van der Waals surface area contributed by atoms with Gasteiger partial charge in [-0.1, -0.05) is 55.0 Å². The molecule has 138 valence electrons. The Labute approximate surface area is 158 Å². The van der Waals surface area contributed by atoms with Crippen molar-refractivity contribution in [1.82, 2.24) is 19.5 Å². The molecule has 1 aromatic carbocycles. The van der Waals surface area contributed by atoms with Gasteiger partial charge in [-0.15, -0.1) is 0 Å². The van der Waals surface area contributed by atoms with Crippen molar-refractivity contribution in [2.75, 3.05) is 6.54 Å². The van der Waals surface area contributed by atoms with Crippen molar-refractivity contribution in [2.24, 2.45) is 0 Å². The highest BCUT2D eigenvalue weighted by Gasteiger charge is 2.12. The number of rotatable bonds is 8. The van der Waals surface area contributed by atoms with Crippen molar-refractivity contribution in [3.05, 3.63) is 62.5 Å². The molecule has 3 aromatic rings. The molecule has 0 spiro atoms. The smallest absolute Gasteiger partial charge is 0.275 e. The van der Waals surface area contributed by atoms with Gasteiger partial charge in [-0.05, 0) is 31.9 Å². The van der Waals surface area contributed by atoms with Crippen molar-refractivity contribution in [3.63, 3.8) is 0 Å². The molecular weight excluding hydrogens is 344 g/mol. The van der Waals surface area contributed by atoms with E-state index in [2.05, 4.69) is 55.0 Å². The summed E-state index contributed by atoms with van der Waals surface area (Å²) >= 11 is 1.52. The van der Waals surface area contributed by atoms with Gasteiger partial charge in [-0.3, -0.25) is 9.69 Å². The summed E-state index contributed by atoms with van der Waals surface area (Å²) in [5.41, 5.74) is 3.28. The molecule has 0 fully saturated rings. The summed E-state index contributed by atoms with van der Waals surface area (Å²) in [6, 6.07) is 10.2. The Hall–Kier alpha value is -2.05. The first kappa shape index (κ1) is 18.7. The molecule has 2 heterocycles. The molecule has 0 atom stereocenters. The number of benzene rings is 1. The van der Waals surface area contributed by atoms with Crippen molar-refractivity contribution in [3.8, 4) is 0 Å². The van der Waals surface area contributed by atoms with Gasteiger partial charge in [0.05, 0.1) is 5.69 Å². The highest BCUT2D eigenvalue weighted by atomic mass is 32.1. The molecule has 0 N–H and O–H groups in total. The van der Waals surface area contributed by atoms with Crippen LogP contribution in [0, 0.1) is 6.92 Å². The number of aromatic nitrogens is 3. The van der Waals surface area contributed by atoms with Crippen molar-refractivity contribution in [1.29, 1.82) is 0 Å². The molecule has 0 saturated heterocycles. The largest absolute Gasteiger partial charge is 0.293 e. The van der Waals surface area contributed by atoms with Crippen LogP contribution in [0.15, 0.2) is 35.1 Å². The Bertz CT molecular complexity index is 914. The van der Waals surface area contributed by atoms with Crippen LogP contribution in [-0.4, -0.2) is 26.0 Å². The van der Waals surface area contributed by atoms with Crippen LogP contribution in [-0.2, 0) is 19.5 Å². The van der Waals surface area contributed by atoms with Crippen molar-refractivity contribution >= 4 is 16.3 Å². The average Bonchev–Trinajstić information content (AvgIpc) is 3.01. The maximum absolute atomic E-state index is 12.4. The first-order valence-electron chi connectivity index (χ1n) is 9.25. The van der Waals surface area contributed by atoms with Gasteiger partial charge in [-0.25, -0.2) is 4.98 Å². The van der Waals surface area contributed by atoms with Gasteiger partial charge in [0, 0.05) is 25.6 Å². The zero-order valence-corrected chi connectivity index (χ0v) is 16.6.